The summed E-state index contributed by atoms with van der Waals surface area (Å²) in [5.74, 6) is 0. The van der Waals surface area contributed by atoms with Crippen LogP contribution in [0.4, 0.5) is 0 Å². The van der Waals surface area contributed by atoms with Crippen LogP contribution in [0.3, 0.4) is 0 Å². The second-order valence-electron chi connectivity index (χ2n) is 4.48. The van der Waals surface area contributed by atoms with E-state index in [0.29, 0.717) is 0 Å². The van der Waals surface area contributed by atoms with Crippen LogP contribution in [0.2, 0.25) is 0 Å². The third-order valence-electron chi connectivity index (χ3n) is 3.47. The normalized spacial score (nSPS) is 13.1. The number of hydrogen-bond acceptors (Lipinski definition) is 4. The van der Waals surface area contributed by atoms with Gasteiger partial charge in [-0.25, -0.2) is 0 Å². The molecule has 0 saturated carbocycles. The fourth-order valence-corrected chi connectivity index (χ4v) is 3.63. The summed E-state index contributed by atoms with van der Waals surface area (Å²) >= 11 is 18.2. The second kappa shape index (κ2) is 4.75. The maximum Gasteiger partial charge on any atom is 0.00790 e. The fraction of sp³-hybridized carbons (Fsp3) is 0.143. The quantitative estimate of drug-likeness (QED) is 0.436. The first-order chi connectivity index (χ1) is 8.58. The zero-order valence-corrected chi connectivity index (χ0v) is 13.1. The van der Waals surface area contributed by atoms with Crippen LogP contribution in [-0.2, 0) is 12.8 Å². The van der Waals surface area contributed by atoms with Gasteiger partial charge in [-0.15, -0.1) is 50.5 Å². The predicted molar refractivity (Wildman–Crippen MR) is 87.5 cm³/mol. The van der Waals surface area contributed by atoms with Crippen LogP contribution in [0.5, 0.6) is 0 Å². The van der Waals surface area contributed by atoms with E-state index in [2.05, 4.69) is 50.5 Å². The lowest BCUT2D eigenvalue weighted by molar-refractivity contribution is 0.895. The number of benzene rings is 2. The molecule has 0 heterocycles. The van der Waals surface area contributed by atoms with E-state index in [1.807, 2.05) is 24.3 Å². The summed E-state index contributed by atoms with van der Waals surface area (Å²) in [4.78, 5) is 4.13. The lowest BCUT2D eigenvalue weighted by Gasteiger charge is -2.24. The van der Waals surface area contributed by atoms with Crippen LogP contribution in [0, 0.1) is 0 Å². The average molecular weight is 309 g/mol. The summed E-state index contributed by atoms with van der Waals surface area (Å²) in [5.41, 5.74) is 5.08. The minimum absolute atomic E-state index is 0.866. The summed E-state index contributed by atoms with van der Waals surface area (Å²) < 4.78 is 0. The first kappa shape index (κ1) is 12.9. The van der Waals surface area contributed by atoms with Crippen LogP contribution in [0.15, 0.2) is 43.8 Å². The number of thiol groups is 4. The minimum atomic E-state index is 0.866. The van der Waals surface area contributed by atoms with Crippen molar-refractivity contribution in [2.75, 3.05) is 0 Å². The standard InChI is InChI=1S/C14H12S4/c15-11-1-2-12(16)8-6-10-9(5-7(8)11)13(17)3-4-14(10)18/h1-4,15-18H,5-6H2. The van der Waals surface area contributed by atoms with Gasteiger partial charge in [0, 0.05) is 32.4 Å². The van der Waals surface area contributed by atoms with Crippen molar-refractivity contribution in [2.45, 2.75) is 32.4 Å². The van der Waals surface area contributed by atoms with Crippen molar-refractivity contribution in [3.8, 4) is 0 Å². The molecular weight excluding hydrogens is 296 g/mol. The van der Waals surface area contributed by atoms with E-state index in [-0.39, 0.29) is 0 Å². The van der Waals surface area contributed by atoms with E-state index < -0.39 is 0 Å². The van der Waals surface area contributed by atoms with Crippen molar-refractivity contribution in [1.29, 1.82) is 0 Å². The molecule has 92 valence electrons. The van der Waals surface area contributed by atoms with Crippen LogP contribution < -0.4 is 0 Å². The SMILES string of the molecule is Sc1ccc(S)c2c1Cc1c(S)ccc(S)c1C2. The molecule has 18 heavy (non-hydrogen) atoms. The highest BCUT2D eigenvalue weighted by atomic mass is 32.1. The molecule has 4 heteroatoms. The van der Waals surface area contributed by atoms with Crippen molar-refractivity contribution >= 4 is 50.5 Å². The van der Waals surface area contributed by atoms with Gasteiger partial charge in [-0.2, -0.15) is 0 Å². The van der Waals surface area contributed by atoms with E-state index in [1.165, 1.54) is 22.3 Å². The summed E-state index contributed by atoms with van der Waals surface area (Å²) in [6.45, 7) is 0. The van der Waals surface area contributed by atoms with Crippen LogP contribution >= 0.6 is 50.5 Å². The van der Waals surface area contributed by atoms with Gasteiger partial charge < -0.3 is 0 Å². The Labute approximate surface area is 129 Å². The monoisotopic (exact) mass is 308 g/mol. The van der Waals surface area contributed by atoms with Crippen molar-refractivity contribution < 1.29 is 0 Å². The second-order valence-corrected chi connectivity index (χ2v) is 6.40. The molecule has 0 unspecified atom stereocenters. The third kappa shape index (κ3) is 1.99. The molecule has 0 fully saturated rings. The van der Waals surface area contributed by atoms with E-state index >= 15 is 0 Å². The van der Waals surface area contributed by atoms with Gasteiger partial charge >= 0.3 is 0 Å². The molecule has 0 bridgehead atoms. The van der Waals surface area contributed by atoms with Gasteiger partial charge in [0.05, 0.1) is 0 Å². The van der Waals surface area contributed by atoms with Gasteiger partial charge in [-0.05, 0) is 46.5 Å². The molecule has 2 aromatic carbocycles. The predicted octanol–water partition coefficient (Wildman–Crippen LogP) is 4.34. The highest BCUT2D eigenvalue weighted by Crippen LogP contribution is 2.38. The minimum Gasteiger partial charge on any atom is -0.143 e. The van der Waals surface area contributed by atoms with E-state index in [9.17, 15) is 0 Å². The highest BCUT2D eigenvalue weighted by molar-refractivity contribution is 7.81. The third-order valence-corrected chi connectivity index (χ3v) is 5.15. The lowest BCUT2D eigenvalue weighted by atomic mass is 9.86. The first-order valence-electron chi connectivity index (χ1n) is 5.63. The van der Waals surface area contributed by atoms with Gasteiger partial charge in [0.1, 0.15) is 0 Å². The number of hydrogen-bond donors (Lipinski definition) is 4. The zero-order valence-electron chi connectivity index (χ0n) is 9.51. The summed E-state index contributed by atoms with van der Waals surface area (Å²) in [6, 6.07) is 8.05. The maximum atomic E-state index is 4.56. The Hall–Kier alpha value is -0.160. The van der Waals surface area contributed by atoms with Crippen molar-refractivity contribution in [3.05, 3.63) is 46.5 Å². The van der Waals surface area contributed by atoms with E-state index in [4.69, 9.17) is 0 Å². The molecule has 3 rings (SSSR count). The topological polar surface area (TPSA) is 0 Å². The van der Waals surface area contributed by atoms with E-state index in [0.717, 1.165) is 32.4 Å². The summed E-state index contributed by atoms with van der Waals surface area (Å²) in [6.07, 6.45) is 1.73. The molecule has 0 aromatic heterocycles. The van der Waals surface area contributed by atoms with Gasteiger partial charge in [-0.1, -0.05) is 0 Å². The highest BCUT2D eigenvalue weighted by Gasteiger charge is 2.22. The summed E-state index contributed by atoms with van der Waals surface area (Å²) in [5, 5.41) is 0. The van der Waals surface area contributed by atoms with E-state index in [1.54, 1.807) is 0 Å². The number of fused-ring (bicyclic) bond motifs is 2. The van der Waals surface area contributed by atoms with Crippen molar-refractivity contribution in [2.24, 2.45) is 0 Å². The number of rotatable bonds is 0. The molecule has 2 aromatic rings. The zero-order chi connectivity index (χ0) is 12.9. The first-order valence-corrected chi connectivity index (χ1v) is 7.42. The molecule has 0 saturated heterocycles. The Kier molecular flexibility index (Phi) is 3.39. The van der Waals surface area contributed by atoms with Gasteiger partial charge in [0.2, 0.25) is 0 Å². The van der Waals surface area contributed by atoms with Crippen LogP contribution in [0.25, 0.3) is 0 Å². The Morgan fingerprint density at radius 2 is 0.722 bits per heavy atom. The lowest BCUT2D eigenvalue weighted by Crippen LogP contribution is -2.11. The molecule has 0 spiro atoms. The van der Waals surface area contributed by atoms with Crippen LogP contribution in [0.1, 0.15) is 22.3 Å². The Morgan fingerprint density at radius 1 is 0.500 bits per heavy atom. The fourth-order valence-electron chi connectivity index (χ4n) is 2.48. The molecule has 1 aliphatic rings. The van der Waals surface area contributed by atoms with Gasteiger partial charge in [0.25, 0.3) is 0 Å². The Morgan fingerprint density at radius 3 is 0.944 bits per heavy atom. The summed E-state index contributed by atoms with van der Waals surface area (Å²) in [7, 11) is 0. The average Bonchev–Trinajstić information content (AvgIpc) is 2.37. The molecule has 0 atom stereocenters. The van der Waals surface area contributed by atoms with Gasteiger partial charge in [0.15, 0.2) is 0 Å². The smallest absolute Gasteiger partial charge is 0.00790 e. The van der Waals surface area contributed by atoms with Crippen molar-refractivity contribution in [3.63, 3.8) is 0 Å². The van der Waals surface area contributed by atoms with Crippen LogP contribution in [-0.4, -0.2) is 0 Å². The Bertz CT molecular complexity index is 535. The van der Waals surface area contributed by atoms with Gasteiger partial charge in [-0.3, -0.25) is 0 Å². The molecule has 0 nitrogen and oxygen atoms in total. The molecule has 0 amide bonds. The van der Waals surface area contributed by atoms with Crippen molar-refractivity contribution in [1.82, 2.24) is 0 Å². The molecule has 0 aliphatic heterocycles. The molecule has 0 N–H and O–H groups in total. The maximum absolute atomic E-state index is 4.56. The molecule has 0 radical (unpaired) electrons. The largest absolute Gasteiger partial charge is 0.143 e. The Balaban J connectivity index is 2.24. The molecular formula is C14H12S4. The molecule has 1 aliphatic carbocycles.